The van der Waals surface area contributed by atoms with Gasteiger partial charge in [-0.15, -0.1) is 0 Å². The van der Waals surface area contributed by atoms with Crippen LogP contribution in [0, 0.1) is 31.1 Å². The number of carboxylic acids is 1. The molecule has 0 saturated heterocycles. The minimum atomic E-state index is -0.911. The van der Waals surface area contributed by atoms with Gasteiger partial charge in [-0.3, -0.25) is 19.8 Å². The molecule has 0 saturated carbocycles. The Balaban J connectivity index is 2.65. The molecular formula is C14H19N3O4. The lowest BCUT2D eigenvalue weighted by Crippen LogP contribution is -2.35. The Morgan fingerprint density at radius 2 is 2.10 bits per heavy atom. The van der Waals surface area contributed by atoms with Gasteiger partial charge in [0.1, 0.15) is 17.4 Å². The van der Waals surface area contributed by atoms with Crippen LogP contribution in [0.2, 0.25) is 0 Å². The molecule has 2 N–H and O–H groups in total. The smallest absolute Gasteiger partial charge is 0.307 e. The molecule has 7 heteroatoms. The van der Waals surface area contributed by atoms with Gasteiger partial charge >= 0.3 is 5.97 Å². The standard InChI is InChI=1S/C14H19N3O4/c1-8(14(19)20)6-17(4)7-12(18)16-13-11(5-15)9(2)10(3)21-13/h8H,6-7H2,1-4H3,(H,16,18)(H,19,20). The van der Waals surface area contributed by atoms with Gasteiger partial charge in [0.15, 0.2) is 0 Å². The number of hydrogen-bond donors (Lipinski definition) is 2. The average Bonchev–Trinajstić information content (AvgIpc) is 2.63. The van der Waals surface area contributed by atoms with Gasteiger partial charge in [0.25, 0.3) is 0 Å². The fourth-order valence-corrected chi connectivity index (χ4v) is 1.87. The van der Waals surface area contributed by atoms with Gasteiger partial charge in [-0.1, -0.05) is 6.92 Å². The lowest BCUT2D eigenvalue weighted by molar-refractivity contribution is -0.141. The van der Waals surface area contributed by atoms with Crippen LogP contribution in [-0.4, -0.2) is 42.0 Å². The van der Waals surface area contributed by atoms with Crippen LogP contribution >= 0.6 is 0 Å². The molecule has 0 aliphatic heterocycles. The molecule has 0 bridgehead atoms. The summed E-state index contributed by atoms with van der Waals surface area (Å²) in [6.07, 6.45) is 0. The average molecular weight is 293 g/mol. The largest absolute Gasteiger partial charge is 0.481 e. The van der Waals surface area contributed by atoms with Crippen LogP contribution in [0.25, 0.3) is 0 Å². The Kier molecular flexibility index (Phi) is 5.50. The maximum absolute atomic E-state index is 11.9. The van der Waals surface area contributed by atoms with E-state index in [-0.39, 0.29) is 24.9 Å². The minimum absolute atomic E-state index is 0.0152. The number of aliphatic carboxylic acids is 1. The summed E-state index contributed by atoms with van der Waals surface area (Å²) in [6, 6.07) is 1.99. The van der Waals surface area contributed by atoms with Gasteiger partial charge in [0, 0.05) is 12.1 Å². The van der Waals surface area contributed by atoms with Gasteiger partial charge in [-0.2, -0.15) is 5.26 Å². The lowest BCUT2D eigenvalue weighted by atomic mass is 10.2. The summed E-state index contributed by atoms with van der Waals surface area (Å²) in [4.78, 5) is 24.3. The first kappa shape index (κ1) is 16.7. The monoisotopic (exact) mass is 293 g/mol. The van der Waals surface area contributed by atoms with Crippen molar-refractivity contribution in [3.05, 3.63) is 16.9 Å². The first-order chi connectivity index (χ1) is 9.76. The number of nitrogens with zero attached hydrogens (tertiary/aromatic N) is 2. The van der Waals surface area contributed by atoms with Gasteiger partial charge in [-0.25, -0.2) is 0 Å². The molecule has 1 amide bonds. The van der Waals surface area contributed by atoms with Crippen LogP contribution in [0.3, 0.4) is 0 Å². The zero-order valence-corrected chi connectivity index (χ0v) is 12.6. The van der Waals surface area contributed by atoms with E-state index in [0.717, 1.165) is 0 Å². The highest BCUT2D eigenvalue weighted by Gasteiger charge is 2.19. The normalized spacial score (nSPS) is 12.0. The number of rotatable bonds is 6. The summed E-state index contributed by atoms with van der Waals surface area (Å²) >= 11 is 0. The lowest BCUT2D eigenvalue weighted by Gasteiger charge is -2.18. The molecule has 0 aromatic carbocycles. The van der Waals surface area contributed by atoms with E-state index in [0.29, 0.717) is 16.9 Å². The fraction of sp³-hybridized carbons (Fsp3) is 0.500. The van der Waals surface area contributed by atoms with Gasteiger partial charge in [0.2, 0.25) is 11.8 Å². The van der Waals surface area contributed by atoms with Gasteiger partial charge in [-0.05, 0) is 20.9 Å². The Morgan fingerprint density at radius 1 is 1.48 bits per heavy atom. The van der Waals surface area contributed by atoms with Crippen LogP contribution in [-0.2, 0) is 9.59 Å². The molecule has 1 unspecified atom stereocenters. The van der Waals surface area contributed by atoms with E-state index in [2.05, 4.69) is 5.32 Å². The molecule has 0 spiro atoms. The van der Waals surface area contributed by atoms with Crippen molar-refractivity contribution in [3.8, 4) is 6.07 Å². The number of carbonyl (C=O) groups excluding carboxylic acids is 1. The highest BCUT2D eigenvalue weighted by atomic mass is 16.4. The Bertz CT molecular complexity index is 586. The number of hydrogen-bond acceptors (Lipinski definition) is 5. The first-order valence-corrected chi connectivity index (χ1v) is 6.47. The van der Waals surface area contributed by atoms with Gasteiger partial charge < -0.3 is 9.52 Å². The number of likely N-dealkylation sites (N-methyl/N-ethyl adjacent to an activating group) is 1. The number of nitrogens with one attached hydrogen (secondary N) is 1. The molecule has 0 aliphatic carbocycles. The number of nitriles is 1. The number of carbonyl (C=O) groups is 2. The van der Waals surface area contributed by atoms with Crippen molar-refractivity contribution in [1.82, 2.24) is 4.90 Å². The molecule has 21 heavy (non-hydrogen) atoms. The third-order valence-corrected chi connectivity index (χ3v) is 3.17. The molecule has 1 atom stereocenters. The van der Waals surface area contributed by atoms with E-state index >= 15 is 0 Å². The minimum Gasteiger partial charge on any atom is -0.481 e. The molecular weight excluding hydrogens is 274 g/mol. The van der Waals surface area contributed by atoms with Crippen molar-refractivity contribution in [2.75, 3.05) is 25.5 Å². The molecule has 0 fully saturated rings. The SMILES string of the molecule is Cc1oc(NC(=O)CN(C)CC(C)C(=O)O)c(C#N)c1C. The van der Waals surface area contributed by atoms with E-state index in [1.807, 2.05) is 6.07 Å². The second-order valence-electron chi connectivity index (χ2n) is 5.08. The number of aryl methyl sites for hydroxylation is 1. The van der Waals surface area contributed by atoms with Crippen LogP contribution in [0.15, 0.2) is 4.42 Å². The van der Waals surface area contributed by atoms with Crippen molar-refractivity contribution in [1.29, 1.82) is 5.26 Å². The zero-order valence-electron chi connectivity index (χ0n) is 12.6. The first-order valence-electron chi connectivity index (χ1n) is 6.47. The summed E-state index contributed by atoms with van der Waals surface area (Å²) in [7, 11) is 1.66. The summed E-state index contributed by atoms with van der Waals surface area (Å²) < 4.78 is 5.34. The summed E-state index contributed by atoms with van der Waals surface area (Å²) in [5.74, 6) is -1.12. The molecule has 114 valence electrons. The zero-order chi connectivity index (χ0) is 16.2. The molecule has 1 rings (SSSR count). The van der Waals surface area contributed by atoms with Crippen molar-refractivity contribution >= 4 is 17.8 Å². The summed E-state index contributed by atoms with van der Waals surface area (Å²) in [6.45, 7) is 5.30. The molecule has 1 aromatic heterocycles. The molecule has 1 aromatic rings. The molecule has 0 radical (unpaired) electrons. The quantitative estimate of drug-likeness (QED) is 0.820. The third kappa shape index (κ3) is 4.33. The highest BCUT2D eigenvalue weighted by Crippen LogP contribution is 2.25. The van der Waals surface area contributed by atoms with Crippen LogP contribution in [0.5, 0.6) is 0 Å². The second-order valence-corrected chi connectivity index (χ2v) is 5.08. The van der Waals surface area contributed by atoms with E-state index in [1.54, 1.807) is 32.7 Å². The molecule has 0 aliphatic rings. The van der Waals surface area contributed by atoms with Crippen molar-refractivity contribution in [2.24, 2.45) is 5.92 Å². The second kappa shape index (κ2) is 6.90. The predicted molar refractivity (Wildman–Crippen MR) is 75.8 cm³/mol. The van der Waals surface area contributed by atoms with Gasteiger partial charge in [0.05, 0.1) is 12.5 Å². The molecule has 1 heterocycles. The number of anilines is 1. The van der Waals surface area contributed by atoms with Crippen LogP contribution in [0.4, 0.5) is 5.88 Å². The summed E-state index contributed by atoms with van der Waals surface area (Å²) in [5.41, 5.74) is 1.00. The van der Waals surface area contributed by atoms with E-state index in [9.17, 15) is 9.59 Å². The number of amides is 1. The van der Waals surface area contributed by atoms with Crippen molar-refractivity contribution in [3.63, 3.8) is 0 Å². The predicted octanol–water partition coefficient (Wildman–Crippen LogP) is 1.36. The van der Waals surface area contributed by atoms with E-state index in [4.69, 9.17) is 14.8 Å². The Hall–Kier alpha value is -2.33. The van der Waals surface area contributed by atoms with E-state index in [1.165, 1.54) is 0 Å². The maximum Gasteiger partial charge on any atom is 0.307 e. The summed E-state index contributed by atoms with van der Waals surface area (Å²) in [5, 5.41) is 20.4. The Morgan fingerprint density at radius 3 is 2.62 bits per heavy atom. The molecule has 7 nitrogen and oxygen atoms in total. The van der Waals surface area contributed by atoms with Crippen LogP contribution in [0.1, 0.15) is 23.8 Å². The maximum atomic E-state index is 11.9. The number of furan rings is 1. The third-order valence-electron chi connectivity index (χ3n) is 3.17. The van der Waals surface area contributed by atoms with Crippen molar-refractivity contribution in [2.45, 2.75) is 20.8 Å². The highest BCUT2D eigenvalue weighted by molar-refractivity contribution is 5.92. The van der Waals surface area contributed by atoms with E-state index < -0.39 is 11.9 Å². The topological polar surface area (TPSA) is 107 Å². The van der Waals surface area contributed by atoms with Crippen LogP contribution < -0.4 is 5.32 Å². The van der Waals surface area contributed by atoms with Crippen molar-refractivity contribution < 1.29 is 19.1 Å². The Labute approximate surface area is 123 Å². The number of carboxylic acid groups (broad SMARTS) is 1. The fourth-order valence-electron chi connectivity index (χ4n) is 1.87.